The predicted molar refractivity (Wildman–Crippen MR) is 107 cm³/mol. The summed E-state index contributed by atoms with van der Waals surface area (Å²) in [6.45, 7) is 3.25. The monoisotopic (exact) mass is 398 g/mol. The second-order valence-electron chi connectivity index (χ2n) is 6.94. The molecule has 0 N–H and O–H groups in total. The van der Waals surface area contributed by atoms with Crippen LogP contribution in [0.15, 0.2) is 24.3 Å². The number of hydrogen-bond acceptors (Lipinski definition) is 6. The SMILES string of the molecule is COc1ccccc1N1CCN(C(=O)CN(CCN(C)C)S(C)(=O)=O)CC1. The van der Waals surface area contributed by atoms with Crippen molar-refractivity contribution in [2.75, 3.05) is 78.2 Å². The summed E-state index contributed by atoms with van der Waals surface area (Å²) in [5.41, 5.74) is 1.01. The van der Waals surface area contributed by atoms with E-state index in [-0.39, 0.29) is 12.5 Å². The number of sulfonamides is 1. The number of methoxy groups -OCH3 is 1. The number of ether oxygens (including phenoxy) is 1. The van der Waals surface area contributed by atoms with Gasteiger partial charge in [-0.15, -0.1) is 0 Å². The average Bonchev–Trinajstić information content (AvgIpc) is 2.64. The van der Waals surface area contributed by atoms with E-state index in [1.807, 2.05) is 43.3 Å². The molecular weight excluding hydrogens is 368 g/mol. The third-order valence-corrected chi connectivity index (χ3v) is 5.89. The van der Waals surface area contributed by atoms with Gasteiger partial charge in [0.1, 0.15) is 5.75 Å². The van der Waals surface area contributed by atoms with E-state index in [9.17, 15) is 13.2 Å². The van der Waals surface area contributed by atoms with Gasteiger partial charge in [-0.1, -0.05) is 12.1 Å². The third kappa shape index (κ3) is 6.08. The van der Waals surface area contributed by atoms with E-state index >= 15 is 0 Å². The second-order valence-corrected chi connectivity index (χ2v) is 8.92. The fourth-order valence-electron chi connectivity index (χ4n) is 3.01. The van der Waals surface area contributed by atoms with Gasteiger partial charge in [0.05, 0.1) is 25.6 Å². The predicted octanol–water partition coefficient (Wildman–Crippen LogP) is 0.167. The van der Waals surface area contributed by atoms with E-state index in [2.05, 4.69) is 4.90 Å². The lowest BCUT2D eigenvalue weighted by atomic mass is 10.2. The van der Waals surface area contributed by atoms with E-state index in [1.54, 1.807) is 12.0 Å². The fourth-order valence-corrected chi connectivity index (χ4v) is 3.77. The molecule has 1 saturated heterocycles. The summed E-state index contributed by atoms with van der Waals surface area (Å²) in [5, 5.41) is 0. The molecular formula is C18H30N4O4S. The summed E-state index contributed by atoms with van der Waals surface area (Å²) < 4.78 is 30.6. The highest BCUT2D eigenvalue weighted by Crippen LogP contribution is 2.28. The maximum atomic E-state index is 12.6. The first-order valence-corrected chi connectivity index (χ1v) is 10.8. The van der Waals surface area contributed by atoms with Crippen molar-refractivity contribution >= 4 is 21.6 Å². The van der Waals surface area contributed by atoms with Crippen LogP contribution < -0.4 is 9.64 Å². The van der Waals surface area contributed by atoms with Crippen molar-refractivity contribution in [2.24, 2.45) is 0 Å². The van der Waals surface area contributed by atoms with Crippen molar-refractivity contribution < 1.29 is 17.9 Å². The van der Waals surface area contributed by atoms with Crippen LogP contribution in [-0.4, -0.2) is 102 Å². The van der Waals surface area contributed by atoms with Crippen molar-refractivity contribution in [1.29, 1.82) is 0 Å². The molecule has 1 aromatic carbocycles. The molecule has 2 rings (SSSR count). The van der Waals surface area contributed by atoms with Crippen LogP contribution >= 0.6 is 0 Å². The molecule has 1 fully saturated rings. The summed E-state index contributed by atoms with van der Waals surface area (Å²) in [5.74, 6) is 0.656. The van der Waals surface area contributed by atoms with Crippen LogP contribution in [0.1, 0.15) is 0 Å². The van der Waals surface area contributed by atoms with Gasteiger partial charge in [0.25, 0.3) is 0 Å². The van der Waals surface area contributed by atoms with Crippen LogP contribution in [0.2, 0.25) is 0 Å². The van der Waals surface area contributed by atoms with Crippen LogP contribution in [0.3, 0.4) is 0 Å². The molecule has 1 aliphatic rings. The summed E-state index contributed by atoms with van der Waals surface area (Å²) in [6, 6.07) is 7.81. The van der Waals surface area contributed by atoms with Gasteiger partial charge in [0, 0.05) is 39.3 Å². The molecule has 0 bridgehead atoms. The molecule has 0 aliphatic carbocycles. The number of anilines is 1. The minimum absolute atomic E-state index is 0.110. The highest BCUT2D eigenvalue weighted by Gasteiger charge is 2.26. The standard InChI is InChI=1S/C18H30N4O4S/c1-19(2)9-14-22(27(4,24)25)15-18(23)21-12-10-20(11-13-21)16-7-5-6-8-17(16)26-3/h5-8H,9-15H2,1-4H3. The van der Waals surface area contributed by atoms with Crippen molar-refractivity contribution in [2.45, 2.75) is 0 Å². The van der Waals surface area contributed by atoms with E-state index in [4.69, 9.17) is 4.74 Å². The minimum atomic E-state index is -3.42. The normalized spacial score (nSPS) is 15.5. The second kappa shape index (κ2) is 9.38. The molecule has 9 heteroatoms. The molecule has 27 heavy (non-hydrogen) atoms. The molecule has 0 atom stereocenters. The number of piperazine rings is 1. The Labute approximate surface area is 162 Å². The lowest BCUT2D eigenvalue weighted by Gasteiger charge is -2.37. The average molecular weight is 399 g/mol. The van der Waals surface area contributed by atoms with Gasteiger partial charge >= 0.3 is 0 Å². The zero-order valence-corrected chi connectivity index (χ0v) is 17.4. The number of benzene rings is 1. The zero-order valence-electron chi connectivity index (χ0n) is 16.6. The molecule has 152 valence electrons. The van der Waals surface area contributed by atoms with E-state index in [0.29, 0.717) is 39.3 Å². The molecule has 1 amide bonds. The van der Waals surface area contributed by atoms with Crippen LogP contribution in [0.25, 0.3) is 0 Å². The third-order valence-electron chi connectivity index (χ3n) is 4.64. The molecule has 0 unspecified atom stereocenters. The number of hydrogen-bond donors (Lipinski definition) is 0. The van der Waals surface area contributed by atoms with Gasteiger partial charge in [-0.2, -0.15) is 4.31 Å². The molecule has 0 radical (unpaired) electrons. The molecule has 0 saturated carbocycles. The van der Waals surface area contributed by atoms with E-state index in [0.717, 1.165) is 17.7 Å². The molecule has 1 heterocycles. The first-order valence-electron chi connectivity index (χ1n) is 8.98. The molecule has 1 aliphatic heterocycles. The number of amides is 1. The minimum Gasteiger partial charge on any atom is -0.495 e. The zero-order chi connectivity index (χ0) is 20.0. The Morgan fingerprint density at radius 3 is 2.30 bits per heavy atom. The van der Waals surface area contributed by atoms with Crippen molar-refractivity contribution in [3.05, 3.63) is 24.3 Å². The number of likely N-dealkylation sites (N-methyl/N-ethyl adjacent to an activating group) is 1. The van der Waals surface area contributed by atoms with Crippen LogP contribution in [0, 0.1) is 0 Å². The van der Waals surface area contributed by atoms with E-state index < -0.39 is 10.0 Å². The Kier molecular flexibility index (Phi) is 7.46. The number of rotatable bonds is 8. The van der Waals surface area contributed by atoms with Gasteiger partial charge < -0.3 is 19.4 Å². The Bertz CT molecular complexity index is 731. The highest BCUT2D eigenvalue weighted by atomic mass is 32.2. The summed E-state index contributed by atoms with van der Waals surface area (Å²) in [7, 11) is 1.97. The summed E-state index contributed by atoms with van der Waals surface area (Å²) >= 11 is 0. The number of carbonyl (C=O) groups excluding carboxylic acids is 1. The first-order chi connectivity index (χ1) is 12.7. The van der Waals surface area contributed by atoms with Gasteiger partial charge in [0.2, 0.25) is 15.9 Å². The lowest BCUT2D eigenvalue weighted by Crippen LogP contribution is -2.52. The quantitative estimate of drug-likeness (QED) is 0.622. The molecule has 0 aromatic heterocycles. The Morgan fingerprint density at radius 1 is 1.11 bits per heavy atom. The highest BCUT2D eigenvalue weighted by molar-refractivity contribution is 7.88. The van der Waals surface area contributed by atoms with Crippen LogP contribution in [0.5, 0.6) is 5.75 Å². The Morgan fingerprint density at radius 2 is 1.74 bits per heavy atom. The Balaban J connectivity index is 1.95. The van der Waals surface area contributed by atoms with Crippen molar-refractivity contribution in [1.82, 2.24) is 14.1 Å². The summed E-state index contributed by atoms with van der Waals surface area (Å²) in [6.07, 6.45) is 1.15. The molecule has 0 spiro atoms. The number of nitrogens with zero attached hydrogens (tertiary/aromatic N) is 4. The maximum absolute atomic E-state index is 12.6. The number of carbonyl (C=O) groups is 1. The summed E-state index contributed by atoms with van der Waals surface area (Å²) in [4.78, 5) is 18.4. The first kappa shape index (κ1) is 21.5. The molecule has 1 aromatic rings. The van der Waals surface area contributed by atoms with Gasteiger partial charge in [-0.25, -0.2) is 8.42 Å². The lowest BCUT2D eigenvalue weighted by molar-refractivity contribution is -0.131. The van der Waals surface area contributed by atoms with Gasteiger partial charge in [-0.05, 0) is 26.2 Å². The van der Waals surface area contributed by atoms with Crippen LogP contribution in [-0.2, 0) is 14.8 Å². The fraction of sp³-hybridized carbons (Fsp3) is 0.611. The maximum Gasteiger partial charge on any atom is 0.238 e. The van der Waals surface area contributed by atoms with E-state index in [1.165, 1.54) is 4.31 Å². The van der Waals surface area contributed by atoms with Gasteiger partial charge in [0.15, 0.2) is 0 Å². The van der Waals surface area contributed by atoms with Crippen molar-refractivity contribution in [3.8, 4) is 5.75 Å². The Hall–Kier alpha value is -1.84. The number of para-hydroxylation sites is 2. The topological polar surface area (TPSA) is 73.4 Å². The smallest absolute Gasteiger partial charge is 0.238 e. The molecule has 8 nitrogen and oxygen atoms in total. The largest absolute Gasteiger partial charge is 0.495 e. The van der Waals surface area contributed by atoms with Crippen LogP contribution in [0.4, 0.5) is 5.69 Å². The van der Waals surface area contributed by atoms with Gasteiger partial charge in [-0.3, -0.25) is 4.79 Å². The van der Waals surface area contributed by atoms with Crippen molar-refractivity contribution in [3.63, 3.8) is 0 Å².